The van der Waals surface area contributed by atoms with E-state index in [1.807, 2.05) is 0 Å². The number of halogens is 3. The zero-order chi connectivity index (χ0) is 14.8. The Labute approximate surface area is 108 Å². The Bertz CT molecular complexity index is 590. The van der Waals surface area contributed by atoms with Gasteiger partial charge in [0.1, 0.15) is 0 Å². The monoisotopic (exact) mass is 296 g/mol. The molecular formula is C11H11F3O4S. The third-order valence-electron chi connectivity index (χ3n) is 2.20. The van der Waals surface area contributed by atoms with Gasteiger partial charge >= 0.3 is 12.1 Å². The molecule has 4 nitrogen and oxygen atoms in total. The van der Waals surface area contributed by atoms with E-state index < -0.39 is 38.0 Å². The van der Waals surface area contributed by atoms with Gasteiger partial charge in [-0.15, -0.1) is 0 Å². The molecule has 0 heterocycles. The molecule has 0 atom stereocenters. The summed E-state index contributed by atoms with van der Waals surface area (Å²) in [6.45, 7) is 1.49. The summed E-state index contributed by atoms with van der Waals surface area (Å²) in [5.74, 6) is -0.975. The van der Waals surface area contributed by atoms with Crippen molar-refractivity contribution in [2.45, 2.75) is 18.0 Å². The minimum absolute atomic E-state index is 0.0109. The molecule has 0 spiro atoms. The van der Waals surface area contributed by atoms with Gasteiger partial charge in [-0.2, -0.15) is 13.2 Å². The minimum Gasteiger partial charge on any atom is -0.462 e. The predicted octanol–water partition coefficient (Wildman–Crippen LogP) is 2.29. The van der Waals surface area contributed by atoms with Crippen LogP contribution in [0, 0.1) is 0 Å². The second-order valence-electron chi connectivity index (χ2n) is 3.70. The molecule has 8 heteroatoms. The van der Waals surface area contributed by atoms with E-state index in [0.29, 0.717) is 12.1 Å². The summed E-state index contributed by atoms with van der Waals surface area (Å²) in [5, 5.41) is 0. The van der Waals surface area contributed by atoms with Crippen LogP contribution in [0.15, 0.2) is 23.1 Å². The number of hydrogen-bond donors (Lipinski definition) is 0. The number of sulfone groups is 1. The fraction of sp³-hybridized carbons (Fsp3) is 0.364. The first-order chi connectivity index (χ1) is 8.57. The number of rotatable bonds is 3. The third-order valence-corrected chi connectivity index (χ3v) is 3.34. The Balaban J connectivity index is 3.47. The number of esters is 1. The lowest BCUT2D eigenvalue weighted by molar-refractivity contribution is -0.137. The van der Waals surface area contributed by atoms with Crippen molar-refractivity contribution in [2.75, 3.05) is 12.9 Å². The van der Waals surface area contributed by atoms with Gasteiger partial charge in [-0.25, -0.2) is 13.2 Å². The molecule has 0 bridgehead atoms. The van der Waals surface area contributed by atoms with Crippen LogP contribution in [-0.2, 0) is 20.8 Å². The van der Waals surface area contributed by atoms with Crippen LogP contribution in [0.4, 0.5) is 13.2 Å². The summed E-state index contributed by atoms with van der Waals surface area (Å²) in [4.78, 5) is 10.8. The minimum atomic E-state index is -4.69. The Morgan fingerprint density at radius 3 is 2.32 bits per heavy atom. The van der Waals surface area contributed by atoms with Crippen LogP contribution < -0.4 is 0 Å². The lowest BCUT2D eigenvalue weighted by Gasteiger charge is -2.11. The number of benzene rings is 1. The maximum atomic E-state index is 12.5. The van der Waals surface area contributed by atoms with E-state index in [4.69, 9.17) is 0 Å². The van der Waals surface area contributed by atoms with Crippen LogP contribution in [-0.4, -0.2) is 27.2 Å². The Morgan fingerprint density at radius 2 is 1.89 bits per heavy atom. The first kappa shape index (κ1) is 15.5. The molecule has 1 aromatic carbocycles. The molecule has 0 saturated heterocycles. The van der Waals surface area contributed by atoms with Gasteiger partial charge in [0.25, 0.3) is 0 Å². The van der Waals surface area contributed by atoms with Gasteiger partial charge in [0, 0.05) is 6.26 Å². The number of carbonyl (C=O) groups is 1. The highest BCUT2D eigenvalue weighted by atomic mass is 32.2. The Morgan fingerprint density at radius 1 is 1.32 bits per heavy atom. The zero-order valence-corrected chi connectivity index (χ0v) is 10.9. The largest absolute Gasteiger partial charge is 0.462 e. The molecule has 0 saturated carbocycles. The summed E-state index contributed by atoms with van der Waals surface area (Å²) in [7, 11) is -3.98. The van der Waals surface area contributed by atoms with Crippen molar-refractivity contribution in [3.8, 4) is 0 Å². The highest BCUT2D eigenvalue weighted by Crippen LogP contribution is 2.32. The molecule has 1 aromatic rings. The second-order valence-corrected chi connectivity index (χ2v) is 5.69. The number of alkyl halides is 3. The van der Waals surface area contributed by atoms with Crippen LogP contribution in [0.1, 0.15) is 22.8 Å². The van der Waals surface area contributed by atoms with Gasteiger partial charge < -0.3 is 4.74 Å². The molecule has 0 N–H and O–H groups in total. The molecular weight excluding hydrogens is 285 g/mol. The molecule has 19 heavy (non-hydrogen) atoms. The van der Waals surface area contributed by atoms with Crippen LogP contribution in [0.2, 0.25) is 0 Å². The van der Waals surface area contributed by atoms with Crippen LogP contribution in [0.3, 0.4) is 0 Å². The van der Waals surface area contributed by atoms with Gasteiger partial charge in [0.2, 0.25) is 0 Å². The van der Waals surface area contributed by atoms with E-state index >= 15 is 0 Å². The summed E-state index contributed by atoms with van der Waals surface area (Å²) >= 11 is 0. The SMILES string of the molecule is CCOC(=O)c1ccc(C(F)(F)F)cc1S(C)(=O)=O. The van der Waals surface area contributed by atoms with Crippen LogP contribution >= 0.6 is 0 Å². The van der Waals surface area contributed by atoms with Crippen molar-refractivity contribution >= 4 is 15.8 Å². The van der Waals surface area contributed by atoms with Crippen molar-refractivity contribution in [3.63, 3.8) is 0 Å². The Hall–Kier alpha value is -1.57. The van der Waals surface area contributed by atoms with E-state index in [2.05, 4.69) is 4.74 Å². The van der Waals surface area contributed by atoms with Gasteiger partial charge in [-0.1, -0.05) is 0 Å². The molecule has 0 aromatic heterocycles. The van der Waals surface area contributed by atoms with E-state index in [9.17, 15) is 26.4 Å². The third kappa shape index (κ3) is 3.69. The molecule has 0 radical (unpaired) electrons. The predicted molar refractivity (Wildman–Crippen MR) is 60.5 cm³/mol. The average Bonchev–Trinajstić information content (AvgIpc) is 2.26. The molecule has 1 rings (SSSR count). The molecule has 0 aliphatic heterocycles. The summed E-state index contributed by atoms with van der Waals surface area (Å²) < 4.78 is 65.1. The lowest BCUT2D eigenvalue weighted by atomic mass is 10.1. The standard InChI is InChI=1S/C11H11F3O4S/c1-3-18-10(15)8-5-4-7(11(12,13)14)6-9(8)19(2,16)17/h4-6H,3H2,1-2H3. The lowest BCUT2D eigenvalue weighted by Crippen LogP contribution is -2.14. The first-order valence-electron chi connectivity index (χ1n) is 5.15. The number of carbonyl (C=O) groups excluding carboxylic acids is 1. The van der Waals surface area contributed by atoms with Gasteiger partial charge in [0.15, 0.2) is 9.84 Å². The molecule has 106 valence electrons. The van der Waals surface area contributed by atoms with Gasteiger partial charge in [0.05, 0.1) is 22.6 Å². The fourth-order valence-corrected chi connectivity index (χ4v) is 2.27. The Kier molecular flexibility index (Phi) is 4.24. The maximum absolute atomic E-state index is 12.5. The number of ether oxygens (including phenoxy) is 1. The first-order valence-corrected chi connectivity index (χ1v) is 7.05. The second kappa shape index (κ2) is 5.20. The van der Waals surface area contributed by atoms with Crippen molar-refractivity contribution < 1.29 is 31.1 Å². The smallest absolute Gasteiger partial charge is 0.416 e. The molecule has 0 aliphatic carbocycles. The summed E-state index contributed by atoms with van der Waals surface area (Å²) in [5.41, 5.74) is -1.54. The van der Waals surface area contributed by atoms with Crippen LogP contribution in [0.5, 0.6) is 0 Å². The van der Waals surface area contributed by atoms with E-state index in [-0.39, 0.29) is 6.61 Å². The highest BCUT2D eigenvalue weighted by molar-refractivity contribution is 7.90. The average molecular weight is 296 g/mol. The van der Waals surface area contributed by atoms with Crippen molar-refractivity contribution in [2.24, 2.45) is 0 Å². The normalized spacial score (nSPS) is 12.3. The van der Waals surface area contributed by atoms with Gasteiger partial charge in [-0.05, 0) is 25.1 Å². The zero-order valence-electron chi connectivity index (χ0n) is 10.1. The summed E-state index contributed by atoms with van der Waals surface area (Å²) in [6, 6.07) is 1.87. The van der Waals surface area contributed by atoms with Crippen molar-refractivity contribution in [1.82, 2.24) is 0 Å². The van der Waals surface area contributed by atoms with Crippen molar-refractivity contribution in [1.29, 1.82) is 0 Å². The molecule has 0 fully saturated rings. The van der Waals surface area contributed by atoms with E-state index in [1.165, 1.54) is 6.92 Å². The summed E-state index contributed by atoms with van der Waals surface area (Å²) in [6.07, 6.45) is -3.96. The molecule has 0 unspecified atom stereocenters. The van der Waals surface area contributed by atoms with E-state index in [0.717, 1.165) is 12.3 Å². The van der Waals surface area contributed by atoms with E-state index in [1.54, 1.807) is 0 Å². The number of hydrogen-bond acceptors (Lipinski definition) is 4. The quantitative estimate of drug-likeness (QED) is 0.803. The highest BCUT2D eigenvalue weighted by Gasteiger charge is 2.33. The van der Waals surface area contributed by atoms with Crippen LogP contribution in [0.25, 0.3) is 0 Å². The fourth-order valence-electron chi connectivity index (χ4n) is 1.38. The van der Waals surface area contributed by atoms with Crippen molar-refractivity contribution in [3.05, 3.63) is 29.3 Å². The maximum Gasteiger partial charge on any atom is 0.416 e. The van der Waals surface area contributed by atoms with Gasteiger partial charge in [-0.3, -0.25) is 0 Å². The molecule has 0 amide bonds. The topological polar surface area (TPSA) is 60.4 Å². The molecule has 0 aliphatic rings.